The maximum absolute atomic E-state index is 12.1. The van der Waals surface area contributed by atoms with E-state index in [0.717, 1.165) is 44.9 Å². The molecular formula is C16H20F3N3O2S2. The summed E-state index contributed by atoms with van der Waals surface area (Å²) in [6.45, 7) is 6.74. The van der Waals surface area contributed by atoms with E-state index in [0.29, 0.717) is 10.0 Å². The second-order valence-corrected chi connectivity index (χ2v) is 7.21. The van der Waals surface area contributed by atoms with E-state index in [1.54, 1.807) is 0 Å². The summed E-state index contributed by atoms with van der Waals surface area (Å²) in [6, 6.07) is 5.00. The van der Waals surface area contributed by atoms with E-state index >= 15 is 0 Å². The van der Waals surface area contributed by atoms with Gasteiger partial charge in [0.2, 0.25) is 5.91 Å². The fourth-order valence-electron chi connectivity index (χ4n) is 2.40. The lowest BCUT2D eigenvalue weighted by Gasteiger charge is -2.35. The molecule has 0 unspecified atom stereocenters. The maximum atomic E-state index is 12.1. The number of piperazine rings is 1. The Labute approximate surface area is 159 Å². The highest BCUT2D eigenvalue weighted by atomic mass is 32.2. The lowest BCUT2D eigenvalue weighted by Crippen LogP contribution is -2.47. The number of alkyl halides is 3. The summed E-state index contributed by atoms with van der Waals surface area (Å²) in [5, 5.41) is 2.62. The first kappa shape index (κ1) is 20.8. The zero-order valence-electron chi connectivity index (χ0n) is 14.2. The summed E-state index contributed by atoms with van der Waals surface area (Å²) < 4.78 is 40.8. The molecule has 1 amide bonds. The smallest absolute Gasteiger partial charge is 0.406 e. The number of rotatable bonds is 5. The van der Waals surface area contributed by atoms with Crippen LogP contribution in [0.5, 0.6) is 5.75 Å². The summed E-state index contributed by atoms with van der Waals surface area (Å²) >= 11 is 6.65. The molecule has 1 fully saturated rings. The highest BCUT2D eigenvalue weighted by Gasteiger charge is 2.31. The predicted octanol–water partition coefficient (Wildman–Crippen LogP) is 3.18. The van der Waals surface area contributed by atoms with Crippen molar-refractivity contribution in [1.82, 2.24) is 9.80 Å². The van der Waals surface area contributed by atoms with Gasteiger partial charge >= 0.3 is 6.36 Å². The molecular weight excluding hydrogens is 387 g/mol. The molecule has 144 valence electrons. The van der Waals surface area contributed by atoms with E-state index in [1.165, 1.54) is 23.9 Å². The van der Waals surface area contributed by atoms with Crippen LogP contribution in [0, 0.1) is 0 Å². The van der Waals surface area contributed by atoms with Gasteiger partial charge in [-0.25, -0.2) is 0 Å². The Hall–Kier alpha value is -1.52. The number of amides is 1. The first-order chi connectivity index (χ1) is 12.3. The van der Waals surface area contributed by atoms with Crippen LogP contribution < -0.4 is 10.1 Å². The molecule has 0 aliphatic carbocycles. The first-order valence-electron chi connectivity index (χ1n) is 8.06. The van der Waals surface area contributed by atoms with Gasteiger partial charge in [0.25, 0.3) is 0 Å². The molecule has 1 saturated heterocycles. The molecule has 26 heavy (non-hydrogen) atoms. The minimum absolute atomic E-state index is 0.146. The lowest BCUT2D eigenvalue weighted by atomic mass is 10.3. The average Bonchev–Trinajstić information content (AvgIpc) is 2.60. The van der Waals surface area contributed by atoms with Crippen LogP contribution in [0.4, 0.5) is 18.9 Å². The Morgan fingerprint density at radius 1 is 1.23 bits per heavy atom. The predicted molar refractivity (Wildman–Crippen MR) is 100 cm³/mol. The molecule has 5 nitrogen and oxygen atoms in total. The van der Waals surface area contributed by atoms with Crippen LogP contribution in [0.3, 0.4) is 0 Å². The minimum Gasteiger partial charge on any atom is -0.406 e. The largest absolute Gasteiger partial charge is 0.573 e. The molecule has 1 aliphatic heterocycles. The third-order valence-electron chi connectivity index (χ3n) is 3.78. The number of benzene rings is 1. The zero-order chi connectivity index (χ0) is 19.2. The highest BCUT2D eigenvalue weighted by molar-refractivity contribution is 8.23. The molecule has 1 aromatic carbocycles. The molecule has 2 rings (SSSR count). The van der Waals surface area contributed by atoms with Gasteiger partial charge in [-0.3, -0.25) is 4.79 Å². The standard InChI is InChI=1S/C16H20F3N3O2S2/c1-2-21-7-9-22(10-8-21)15(25)26-11-14(23)20-12-3-5-13(6-4-12)24-16(17,18)19/h3-6H,2,7-11H2,1H3,(H,20,23). The van der Waals surface area contributed by atoms with Crippen molar-refractivity contribution >= 4 is 39.9 Å². The first-order valence-corrected chi connectivity index (χ1v) is 9.46. The van der Waals surface area contributed by atoms with E-state index in [9.17, 15) is 18.0 Å². The van der Waals surface area contributed by atoms with E-state index in [2.05, 4.69) is 26.8 Å². The molecule has 0 saturated carbocycles. The maximum Gasteiger partial charge on any atom is 0.573 e. The number of ether oxygens (including phenoxy) is 1. The molecule has 0 bridgehead atoms. The number of carbonyl (C=O) groups excluding carboxylic acids is 1. The van der Waals surface area contributed by atoms with Crippen LogP contribution in [0.15, 0.2) is 24.3 Å². The quantitative estimate of drug-likeness (QED) is 0.757. The topological polar surface area (TPSA) is 44.8 Å². The number of anilines is 1. The number of hydrogen-bond acceptors (Lipinski definition) is 5. The van der Waals surface area contributed by atoms with Crippen LogP contribution in [0.25, 0.3) is 0 Å². The molecule has 1 heterocycles. The fourth-order valence-corrected chi connectivity index (χ4v) is 3.45. The summed E-state index contributed by atoms with van der Waals surface area (Å²) in [5.41, 5.74) is 0.396. The van der Waals surface area contributed by atoms with Gasteiger partial charge in [0, 0.05) is 31.9 Å². The number of thiocarbonyl (C=S) groups is 1. The SMILES string of the molecule is CCN1CCN(C(=S)SCC(=O)Nc2ccc(OC(F)(F)F)cc2)CC1. The van der Waals surface area contributed by atoms with Gasteiger partial charge in [0.05, 0.1) is 5.75 Å². The molecule has 0 spiro atoms. The van der Waals surface area contributed by atoms with Crippen LogP contribution in [-0.2, 0) is 4.79 Å². The summed E-state index contributed by atoms with van der Waals surface area (Å²) in [7, 11) is 0. The van der Waals surface area contributed by atoms with Gasteiger partial charge in [-0.2, -0.15) is 0 Å². The Morgan fingerprint density at radius 2 is 1.85 bits per heavy atom. The molecule has 0 atom stereocenters. The Kier molecular flexibility index (Phi) is 7.54. The van der Waals surface area contributed by atoms with Crippen LogP contribution in [-0.4, -0.2) is 64.9 Å². The van der Waals surface area contributed by atoms with Gasteiger partial charge in [-0.05, 0) is 30.8 Å². The summed E-state index contributed by atoms with van der Waals surface area (Å²) in [5.74, 6) is -0.459. The third kappa shape index (κ3) is 7.00. The van der Waals surface area contributed by atoms with Crippen LogP contribution >= 0.6 is 24.0 Å². The van der Waals surface area contributed by atoms with Gasteiger partial charge in [0.15, 0.2) is 0 Å². The average molecular weight is 407 g/mol. The van der Waals surface area contributed by atoms with Crippen molar-refractivity contribution in [3.05, 3.63) is 24.3 Å². The van der Waals surface area contributed by atoms with Gasteiger partial charge < -0.3 is 19.9 Å². The molecule has 10 heteroatoms. The van der Waals surface area contributed by atoms with Crippen molar-refractivity contribution < 1.29 is 22.7 Å². The number of hydrogen-bond donors (Lipinski definition) is 1. The van der Waals surface area contributed by atoms with E-state index < -0.39 is 6.36 Å². The van der Waals surface area contributed by atoms with E-state index in [1.807, 2.05) is 0 Å². The highest BCUT2D eigenvalue weighted by Crippen LogP contribution is 2.24. The normalized spacial score (nSPS) is 15.6. The number of thioether (sulfide) groups is 1. The fraction of sp³-hybridized carbons (Fsp3) is 0.500. The Bertz CT molecular complexity index is 618. The van der Waals surface area contributed by atoms with Gasteiger partial charge in [-0.1, -0.05) is 30.9 Å². The van der Waals surface area contributed by atoms with Gasteiger partial charge in [-0.15, -0.1) is 13.2 Å². The van der Waals surface area contributed by atoms with Crippen molar-refractivity contribution in [1.29, 1.82) is 0 Å². The van der Waals surface area contributed by atoms with E-state index in [4.69, 9.17) is 12.2 Å². The molecule has 0 radical (unpaired) electrons. The van der Waals surface area contributed by atoms with Crippen molar-refractivity contribution in [3.63, 3.8) is 0 Å². The Morgan fingerprint density at radius 3 is 2.38 bits per heavy atom. The number of carbonyl (C=O) groups is 1. The lowest BCUT2D eigenvalue weighted by molar-refractivity contribution is -0.274. The van der Waals surface area contributed by atoms with Crippen molar-refractivity contribution in [2.45, 2.75) is 13.3 Å². The second kappa shape index (κ2) is 9.43. The van der Waals surface area contributed by atoms with Gasteiger partial charge in [0.1, 0.15) is 10.1 Å². The summed E-state index contributed by atoms with van der Waals surface area (Å²) in [6.07, 6.45) is -4.74. The number of nitrogens with zero attached hydrogens (tertiary/aromatic N) is 2. The monoisotopic (exact) mass is 407 g/mol. The number of likely N-dealkylation sites (N-methyl/N-ethyl adjacent to an activating group) is 1. The van der Waals surface area contributed by atoms with Crippen LogP contribution in [0.1, 0.15) is 6.92 Å². The summed E-state index contributed by atoms with van der Waals surface area (Å²) in [4.78, 5) is 16.4. The van der Waals surface area contributed by atoms with Crippen molar-refractivity contribution in [3.8, 4) is 5.75 Å². The molecule has 1 N–H and O–H groups in total. The zero-order valence-corrected chi connectivity index (χ0v) is 15.8. The Balaban J connectivity index is 1.74. The molecule has 1 aromatic rings. The minimum atomic E-state index is -4.74. The third-order valence-corrected chi connectivity index (χ3v) is 5.30. The van der Waals surface area contributed by atoms with Crippen molar-refractivity contribution in [2.24, 2.45) is 0 Å². The number of halogens is 3. The molecule has 1 aliphatic rings. The second-order valence-electron chi connectivity index (χ2n) is 5.60. The van der Waals surface area contributed by atoms with Crippen LogP contribution in [0.2, 0.25) is 0 Å². The molecule has 0 aromatic heterocycles. The number of nitrogens with one attached hydrogen (secondary N) is 1. The van der Waals surface area contributed by atoms with Crippen molar-refractivity contribution in [2.75, 3.05) is 43.8 Å². The van der Waals surface area contributed by atoms with E-state index in [-0.39, 0.29) is 17.4 Å².